The molecule has 17 heavy (non-hydrogen) atoms. The van der Waals surface area contributed by atoms with Crippen molar-refractivity contribution >= 4 is 29.3 Å². The standard InChI is InChI=1S/C11H9NO4.ClH/c1-16-12-6-8(11(14)15)10(13)7-4-2-3-5-9(7)12;/h2-6H,1H3,(H,14,15);1H. The quantitative estimate of drug-likeness (QED) is 0.875. The molecule has 0 radical (unpaired) electrons. The predicted molar refractivity (Wildman–Crippen MR) is 64.9 cm³/mol. The summed E-state index contributed by atoms with van der Waals surface area (Å²) < 4.78 is 1.26. The Hall–Kier alpha value is -2.01. The lowest BCUT2D eigenvalue weighted by molar-refractivity contribution is 0.0691. The Labute approximate surface area is 103 Å². The number of nitrogens with zero attached hydrogens (tertiary/aromatic N) is 1. The van der Waals surface area contributed by atoms with Gasteiger partial charge in [-0.05, 0) is 12.1 Å². The van der Waals surface area contributed by atoms with Gasteiger partial charge in [0.1, 0.15) is 12.7 Å². The highest BCUT2D eigenvalue weighted by molar-refractivity contribution is 5.92. The summed E-state index contributed by atoms with van der Waals surface area (Å²) >= 11 is 0. The molecule has 0 aliphatic rings. The number of rotatable bonds is 2. The second-order valence-electron chi connectivity index (χ2n) is 3.20. The molecule has 5 nitrogen and oxygen atoms in total. The summed E-state index contributed by atoms with van der Waals surface area (Å²) in [5.41, 5.74) is -0.267. The van der Waals surface area contributed by atoms with Gasteiger partial charge in [0.15, 0.2) is 0 Å². The number of carboxylic acids is 1. The van der Waals surface area contributed by atoms with Crippen molar-refractivity contribution in [1.29, 1.82) is 0 Å². The van der Waals surface area contributed by atoms with E-state index in [0.29, 0.717) is 10.9 Å². The summed E-state index contributed by atoms with van der Waals surface area (Å²) in [5.74, 6) is -1.26. The second-order valence-corrected chi connectivity index (χ2v) is 3.20. The maximum absolute atomic E-state index is 11.8. The first-order chi connectivity index (χ1) is 7.65. The third-order valence-corrected chi connectivity index (χ3v) is 2.30. The number of carboxylic acid groups (broad SMARTS) is 1. The molecular formula is C11H10ClNO4. The van der Waals surface area contributed by atoms with Crippen molar-refractivity contribution in [3.05, 3.63) is 46.2 Å². The van der Waals surface area contributed by atoms with E-state index in [1.54, 1.807) is 24.3 Å². The van der Waals surface area contributed by atoms with Crippen LogP contribution in [0.25, 0.3) is 10.9 Å². The third-order valence-electron chi connectivity index (χ3n) is 2.30. The molecule has 0 atom stereocenters. The number of hydrogen-bond acceptors (Lipinski definition) is 3. The lowest BCUT2D eigenvalue weighted by atomic mass is 10.1. The smallest absolute Gasteiger partial charge is 0.341 e. The average Bonchev–Trinajstić information content (AvgIpc) is 2.29. The van der Waals surface area contributed by atoms with Crippen molar-refractivity contribution in [2.45, 2.75) is 0 Å². The molecule has 0 bridgehead atoms. The number of benzene rings is 1. The molecule has 0 aliphatic heterocycles. The Morgan fingerprint density at radius 2 is 2.00 bits per heavy atom. The maximum atomic E-state index is 11.8. The van der Waals surface area contributed by atoms with Crippen molar-refractivity contribution < 1.29 is 14.7 Å². The molecule has 0 aliphatic carbocycles. The molecule has 0 fully saturated rings. The SMILES string of the molecule is COn1cc(C(=O)O)c(=O)c2ccccc21.Cl. The second kappa shape index (κ2) is 4.88. The number of aromatic carboxylic acids is 1. The van der Waals surface area contributed by atoms with Gasteiger partial charge in [0.2, 0.25) is 5.43 Å². The lowest BCUT2D eigenvalue weighted by Crippen LogP contribution is -2.20. The van der Waals surface area contributed by atoms with Gasteiger partial charge in [-0.25, -0.2) is 4.79 Å². The van der Waals surface area contributed by atoms with Crippen LogP contribution < -0.4 is 10.3 Å². The molecule has 0 saturated carbocycles. The van der Waals surface area contributed by atoms with Crippen LogP contribution in [0.15, 0.2) is 35.3 Å². The Balaban J connectivity index is 0.00000144. The molecule has 2 rings (SSSR count). The lowest BCUT2D eigenvalue weighted by Gasteiger charge is -2.09. The van der Waals surface area contributed by atoms with Crippen LogP contribution in [0.1, 0.15) is 10.4 Å². The van der Waals surface area contributed by atoms with E-state index >= 15 is 0 Å². The van der Waals surface area contributed by atoms with Gasteiger partial charge in [0.25, 0.3) is 0 Å². The number of aromatic nitrogens is 1. The first-order valence-electron chi connectivity index (χ1n) is 4.57. The highest BCUT2D eigenvalue weighted by Gasteiger charge is 2.13. The van der Waals surface area contributed by atoms with E-state index < -0.39 is 11.4 Å². The summed E-state index contributed by atoms with van der Waals surface area (Å²) in [5, 5.41) is 9.20. The summed E-state index contributed by atoms with van der Waals surface area (Å²) in [6.45, 7) is 0. The number of pyridine rings is 1. The highest BCUT2D eigenvalue weighted by atomic mass is 35.5. The molecule has 6 heteroatoms. The Morgan fingerprint density at radius 1 is 1.35 bits per heavy atom. The molecule has 1 N–H and O–H groups in total. The molecule has 2 aromatic rings. The molecule has 0 saturated heterocycles. The minimum Gasteiger partial charge on any atom is -0.477 e. The first kappa shape index (κ1) is 13.1. The normalized spacial score (nSPS) is 9.71. The van der Waals surface area contributed by atoms with Gasteiger partial charge in [0.05, 0.1) is 11.7 Å². The van der Waals surface area contributed by atoms with Crippen molar-refractivity contribution in [1.82, 2.24) is 4.73 Å². The summed E-state index contributed by atoms with van der Waals surface area (Å²) in [6, 6.07) is 6.68. The van der Waals surface area contributed by atoms with Crippen LogP contribution in [0.3, 0.4) is 0 Å². The molecule has 1 aromatic heterocycles. The van der Waals surface area contributed by atoms with Crippen LogP contribution in [0, 0.1) is 0 Å². The van der Waals surface area contributed by atoms with Gasteiger partial charge < -0.3 is 9.94 Å². The highest BCUT2D eigenvalue weighted by Crippen LogP contribution is 2.10. The zero-order chi connectivity index (χ0) is 11.7. The Bertz CT molecular complexity index is 620. The number of hydrogen-bond donors (Lipinski definition) is 1. The van der Waals surface area contributed by atoms with Crippen molar-refractivity contribution in [2.75, 3.05) is 7.11 Å². The maximum Gasteiger partial charge on any atom is 0.341 e. The number of para-hydroxylation sites is 1. The molecule has 0 unspecified atom stereocenters. The van der Waals surface area contributed by atoms with Gasteiger partial charge in [-0.1, -0.05) is 12.1 Å². The van der Waals surface area contributed by atoms with Gasteiger partial charge in [0, 0.05) is 5.39 Å². The van der Waals surface area contributed by atoms with E-state index in [1.165, 1.54) is 18.0 Å². The Kier molecular flexibility index (Phi) is 3.75. The fraction of sp³-hybridized carbons (Fsp3) is 0.0909. The summed E-state index contributed by atoms with van der Waals surface area (Å²) in [7, 11) is 1.41. The van der Waals surface area contributed by atoms with Crippen molar-refractivity contribution in [3.63, 3.8) is 0 Å². The zero-order valence-electron chi connectivity index (χ0n) is 8.91. The van der Waals surface area contributed by atoms with Crippen molar-refractivity contribution in [2.24, 2.45) is 0 Å². The molecular weight excluding hydrogens is 246 g/mol. The van der Waals surface area contributed by atoms with E-state index in [0.717, 1.165) is 0 Å². The predicted octanol–water partition coefficient (Wildman–Crippen LogP) is 1.18. The minimum absolute atomic E-state index is 0. The van der Waals surface area contributed by atoms with Crippen LogP contribution in [0.4, 0.5) is 0 Å². The molecule has 90 valence electrons. The molecule has 0 spiro atoms. The monoisotopic (exact) mass is 255 g/mol. The van der Waals surface area contributed by atoms with E-state index in [2.05, 4.69) is 0 Å². The van der Waals surface area contributed by atoms with Gasteiger partial charge in [-0.3, -0.25) is 4.79 Å². The number of halogens is 1. The fourth-order valence-electron chi connectivity index (χ4n) is 1.55. The van der Waals surface area contributed by atoms with E-state index in [-0.39, 0.29) is 18.0 Å². The first-order valence-corrected chi connectivity index (χ1v) is 4.57. The van der Waals surface area contributed by atoms with E-state index in [4.69, 9.17) is 9.94 Å². The minimum atomic E-state index is -1.26. The van der Waals surface area contributed by atoms with Crippen LogP contribution >= 0.6 is 12.4 Å². The van der Waals surface area contributed by atoms with Crippen LogP contribution in [-0.4, -0.2) is 22.9 Å². The topological polar surface area (TPSA) is 68.5 Å². The van der Waals surface area contributed by atoms with Gasteiger partial charge in [-0.15, -0.1) is 12.4 Å². The average molecular weight is 256 g/mol. The van der Waals surface area contributed by atoms with Gasteiger partial charge >= 0.3 is 5.97 Å². The zero-order valence-corrected chi connectivity index (χ0v) is 9.73. The third kappa shape index (κ3) is 2.09. The largest absolute Gasteiger partial charge is 0.477 e. The summed E-state index contributed by atoms with van der Waals surface area (Å²) in [4.78, 5) is 27.6. The van der Waals surface area contributed by atoms with E-state index in [9.17, 15) is 9.59 Å². The van der Waals surface area contributed by atoms with Gasteiger partial charge in [-0.2, -0.15) is 4.73 Å². The van der Waals surface area contributed by atoms with Crippen LogP contribution in [0.5, 0.6) is 0 Å². The fourth-order valence-corrected chi connectivity index (χ4v) is 1.55. The molecule has 0 amide bonds. The summed E-state index contributed by atoms with van der Waals surface area (Å²) in [6.07, 6.45) is 1.17. The van der Waals surface area contributed by atoms with E-state index in [1.807, 2.05) is 0 Å². The molecule has 1 aromatic carbocycles. The Morgan fingerprint density at radius 3 is 2.59 bits per heavy atom. The molecule has 1 heterocycles. The van der Waals surface area contributed by atoms with Crippen LogP contribution in [0.2, 0.25) is 0 Å². The van der Waals surface area contributed by atoms with Crippen LogP contribution in [-0.2, 0) is 0 Å². The number of fused-ring (bicyclic) bond motifs is 1. The number of carbonyl (C=O) groups is 1. The van der Waals surface area contributed by atoms with Crippen molar-refractivity contribution in [3.8, 4) is 0 Å².